The molecular weight excluding hydrogens is 490 g/mol. The summed E-state index contributed by atoms with van der Waals surface area (Å²) >= 11 is 1.44. The van der Waals surface area contributed by atoms with Gasteiger partial charge in [-0.2, -0.15) is 0 Å². The van der Waals surface area contributed by atoms with E-state index in [1.807, 2.05) is 75.4 Å². The number of hydrogen-bond acceptors (Lipinski definition) is 5. The Morgan fingerprint density at radius 2 is 1.72 bits per heavy atom. The summed E-state index contributed by atoms with van der Waals surface area (Å²) < 4.78 is 28.2. The molecule has 36 heavy (non-hydrogen) atoms. The third kappa shape index (κ3) is 4.54. The number of aromatic nitrogens is 1. The van der Waals surface area contributed by atoms with Crippen LogP contribution in [0.25, 0.3) is 11.3 Å². The highest BCUT2D eigenvalue weighted by molar-refractivity contribution is 7.93. The topological polar surface area (TPSA) is 79.4 Å². The van der Waals surface area contributed by atoms with Gasteiger partial charge in [0.25, 0.3) is 10.0 Å². The van der Waals surface area contributed by atoms with E-state index in [-0.39, 0.29) is 5.91 Å². The quantitative estimate of drug-likeness (QED) is 0.358. The molecule has 1 amide bonds. The number of carbonyl (C=O) groups is 1. The summed E-state index contributed by atoms with van der Waals surface area (Å²) in [5.74, 6) is -0.101. The van der Waals surface area contributed by atoms with Crippen LogP contribution in [0.2, 0.25) is 0 Å². The lowest BCUT2D eigenvalue weighted by Gasteiger charge is -2.21. The Bertz CT molecular complexity index is 1570. The number of nitrogens with one attached hydrogen (secondary N) is 1. The number of rotatable bonds is 6. The number of anilines is 2. The van der Waals surface area contributed by atoms with E-state index in [2.05, 4.69) is 5.32 Å². The van der Waals surface area contributed by atoms with Gasteiger partial charge in [0.2, 0.25) is 5.91 Å². The highest BCUT2D eigenvalue weighted by atomic mass is 32.2. The van der Waals surface area contributed by atoms with E-state index in [4.69, 9.17) is 4.98 Å². The van der Waals surface area contributed by atoms with Crippen molar-refractivity contribution < 1.29 is 13.2 Å². The van der Waals surface area contributed by atoms with Gasteiger partial charge in [0, 0.05) is 17.0 Å². The highest BCUT2D eigenvalue weighted by Crippen LogP contribution is 2.38. The fraction of sp³-hybridized carbons (Fsp3) is 0.214. The third-order valence-corrected chi connectivity index (χ3v) is 9.38. The molecule has 0 spiro atoms. The highest BCUT2D eigenvalue weighted by Gasteiger charge is 2.32. The maximum absolute atomic E-state index is 13.4. The Labute approximate surface area is 215 Å². The summed E-state index contributed by atoms with van der Waals surface area (Å²) in [5.41, 5.74) is 6.21. The lowest BCUT2D eigenvalue weighted by Crippen LogP contribution is -2.29. The first kappa shape index (κ1) is 24.2. The summed E-state index contributed by atoms with van der Waals surface area (Å²) in [6.45, 7) is 6.20. The standard InChI is InChI=1S/C28H27N3O3S2/c1-18-8-4-6-10-21(18)17-26(32)29-28-30-27(20(3)35-28)23-12-13-24-22(16-23)14-15-31(24)36(33,34)25-11-7-5-9-19(25)2/h4-13,16H,14-15,17H2,1-3H3,(H,29,30,32). The van der Waals surface area contributed by atoms with Crippen LogP contribution < -0.4 is 9.62 Å². The summed E-state index contributed by atoms with van der Waals surface area (Å²) in [5, 5.41) is 3.49. The van der Waals surface area contributed by atoms with Gasteiger partial charge in [0.05, 0.1) is 22.7 Å². The van der Waals surface area contributed by atoms with Gasteiger partial charge in [-0.15, -0.1) is 11.3 Å². The van der Waals surface area contributed by atoms with Crippen LogP contribution in [-0.4, -0.2) is 25.9 Å². The van der Waals surface area contributed by atoms with Crippen LogP contribution in [0.5, 0.6) is 0 Å². The van der Waals surface area contributed by atoms with Crippen molar-refractivity contribution in [1.82, 2.24) is 4.98 Å². The Balaban J connectivity index is 1.37. The van der Waals surface area contributed by atoms with E-state index in [1.165, 1.54) is 15.6 Å². The molecule has 1 aliphatic rings. The van der Waals surface area contributed by atoms with Crippen molar-refractivity contribution in [3.05, 3.63) is 93.9 Å². The number of amides is 1. The molecule has 1 aromatic heterocycles. The van der Waals surface area contributed by atoms with Gasteiger partial charge in [-0.3, -0.25) is 9.10 Å². The van der Waals surface area contributed by atoms with E-state index < -0.39 is 10.0 Å². The Hall–Kier alpha value is -3.49. The molecule has 0 bridgehead atoms. The number of nitrogens with zero attached hydrogens (tertiary/aromatic N) is 2. The van der Waals surface area contributed by atoms with E-state index in [0.717, 1.165) is 38.4 Å². The molecule has 0 aliphatic carbocycles. The lowest BCUT2D eigenvalue weighted by molar-refractivity contribution is -0.115. The minimum atomic E-state index is -3.63. The summed E-state index contributed by atoms with van der Waals surface area (Å²) in [6.07, 6.45) is 0.933. The summed E-state index contributed by atoms with van der Waals surface area (Å²) in [6, 6.07) is 20.7. The number of carbonyl (C=O) groups excluding carboxylic acids is 1. The molecule has 0 fully saturated rings. The lowest BCUT2D eigenvalue weighted by atomic mass is 10.1. The van der Waals surface area contributed by atoms with E-state index in [1.54, 1.807) is 12.1 Å². The second-order valence-electron chi connectivity index (χ2n) is 9.01. The minimum Gasteiger partial charge on any atom is -0.302 e. The van der Waals surface area contributed by atoms with Crippen LogP contribution in [0.3, 0.4) is 0 Å². The van der Waals surface area contributed by atoms with Gasteiger partial charge < -0.3 is 5.32 Å². The number of benzene rings is 3. The molecule has 1 N–H and O–H groups in total. The maximum atomic E-state index is 13.4. The van der Waals surface area contributed by atoms with Crippen molar-refractivity contribution >= 4 is 38.1 Å². The first-order chi connectivity index (χ1) is 17.2. The third-order valence-electron chi connectivity index (χ3n) is 6.52. The molecule has 3 aromatic carbocycles. The largest absolute Gasteiger partial charge is 0.302 e. The van der Waals surface area contributed by atoms with Gasteiger partial charge in [0.15, 0.2) is 5.13 Å². The maximum Gasteiger partial charge on any atom is 0.264 e. The average Bonchev–Trinajstić information content (AvgIpc) is 3.43. The van der Waals surface area contributed by atoms with Crippen molar-refractivity contribution in [2.45, 2.75) is 38.5 Å². The first-order valence-corrected chi connectivity index (χ1v) is 14.0. The zero-order valence-corrected chi connectivity index (χ0v) is 22.0. The molecule has 0 radical (unpaired) electrons. The number of thiazole rings is 1. The molecule has 184 valence electrons. The van der Waals surface area contributed by atoms with E-state index >= 15 is 0 Å². The van der Waals surface area contributed by atoms with Crippen LogP contribution >= 0.6 is 11.3 Å². The predicted molar refractivity (Wildman–Crippen MR) is 145 cm³/mol. The van der Waals surface area contributed by atoms with Crippen LogP contribution in [-0.2, 0) is 27.7 Å². The van der Waals surface area contributed by atoms with Gasteiger partial charge >= 0.3 is 0 Å². The summed E-state index contributed by atoms with van der Waals surface area (Å²) in [7, 11) is -3.63. The smallest absolute Gasteiger partial charge is 0.264 e. The van der Waals surface area contributed by atoms with Gasteiger partial charge in [0.1, 0.15) is 0 Å². The molecular formula is C28H27N3O3S2. The van der Waals surface area contributed by atoms with Crippen molar-refractivity contribution in [2.75, 3.05) is 16.2 Å². The normalized spacial score (nSPS) is 13.0. The van der Waals surface area contributed by atoms with Gasteiger partial charge in [-0.1, -0.05) is 48.5 Å². The van der Waals surface area contributed by atoms with Crippen molar-refractivity contribution in [3.63, 3.8) is 0 Å². The van der Waals surface area contributed by atoms with E-state index in [9.17, 15) is 13.2 Å². The second-order valence-corrected chi connectivity index (χ2v) is 12.0. The Morgan fingerprint density at radius 3 is 2.47 bits per heavy atom. The molecule has 8 heteroatoms. The van der Waals surface area contributed by atoms with Crippen LogP contribution in [0.4, 0.5) is 10.8 Å². The molecule has 1 aliphatic heterocycles. The Kier molecular flexibility index (Phi) is 6.40. The number of hydrogen-bond donors (Lipinski definition) is 1. The van der Waals surface area contributed by atoms with Gasteiger partial charge in [-0.05, 0) is 67.6 Å². The zero-order valence-electron chi connectivity index (χ0n) is 20.4. The number of fused-ring (bicyclic) bond motifs is 1. The number of aryl methyl sites for hydroxylation is 3. The van der Waals surface area contributed by atoms with Crippen LogP contribution in [0, 0.1) is 20.8 Å². The Morgan fingerprint density at radius 1 is 1.00 bits per heavy atom. The van der Waals surface area contributed by atoms with E-state index in [0.29, 0.717) is 35.1 Å². The average molecular weight is 518 g/mol. The molecule has 0 unspecified atom stereocenters. The van der Waals surface area contributed by atoms with Crippen molar-refractivity contribution in [1.29, 1.82) is 0 Å². The molecule has 0 saturated carbocycles. The molecule has 2 heterocycles. The first-order valence-electron chi connectivity index (χ1n) is 11.8. The van der Waals surface area contributed by atoms with Crippen LogP contribution in [0.15, 0.2) is 71.6 Å². The minimum absolute atomic E-state index is 0.101. The second kappa shape index (κ2) is 9.52. The molecule has 6 nitrogen and oxygen atoms in total. The molecule has 5 rings (SSSR count). The van der Waals surface area contributed by atoms with Crippen molar-refractivity contribution in [2.24, 2.45) is 0 Å². The predicted octanol–water partition coefficient (Wildman–Crippen LogP) is 5.67. The zero-order chi connectivity index (χ0) is 25.4. The molecule has 0 atom stereocenters. The van der Waals surface area contributed by atoms with Gasteiger partial charge in [-0.25, -0.2) is 13.4 Å². The fourth-order valence-electron chi connectivity index (χ4n) is 4.60. The van der Waals surface area contributed by atoms with Crippen LogP contribution in [0.1, 0.15) is 27.1 Å². The molecule has 4 aromatic rings. The summed E-state index contributed by atoms with van der Waals surface area (Å²) in [4.78, 5) is 18.6. The monoisotopic (exact) mass is 517 g/mol. The SMILES string of the molecule is Cc1ccccc1CC(=O)Nc1nc(-c2ccc3c(c2)CCN3S(=O)(=O)c2ccccc2C)c(C)s1. The van der Waals surface area contributed by atoms with Crippen molar-refractivity contribution in [3.8, 4) is 11.3 Å². The number of sulfonamides is 1. The fourth-order valence-corrected chi connectivity index (χ4v) is 7.18. The molecule has 0 saturated heterocycles.